The number of nitrogens with one attached hydrogen (secondary N) is 2. The molecular weight excluding hydrogens is 446 g/mol. The van der Waals surface area contributed by atoms with Crippen LogP contribution in [0.1, 0.15) is 66.4 Å². The summed E-state index contributed by atoms with van der Waals surface area (Å²) in [5, 5.41) is 6.00. The van der Waals surface area contributed by atoms with Crippen molar-refractivity contribution in [2.45, 2.75) is 74.2 Å². The van der Waals surface area contributed by atoms with Gasteiger partial charge >= 0.3 is 0 Å². The van der Waals surface area contributed by atoms with Gasteiger partial charge in [0.1, 0.15) is 17.5 Å². The molecule has 0 bridgehead atoms. The first kappa shape index (κ1) is 23.0. The summed E-state index contributed by atoms with van der Waals surface area (Å²) in [7, 11) is 0. The van der Waals surface area contributed by atoms with E-state index >= 15 is 0 Å². The Morgan fingerprint density at radius 3 is 2.47 bits per heavy atom. The highest BCUT2D eigenvalue weighted by atomic mass is 32.2. The molecule has 3 aliphatic rings. The number of hydrogen-bond acceptors (Lipinski definition) is 4. The van der Waals surface area contributed by atoms with Gasteiger partial charge in [-0.05, 0) is 43.9 Å². The SMILES string of the molecule is CC1(C)S[C@@H]2c3ccccc3C(=O)N2[C@@H]1C(=O)N[C@H](Cc1ccccc1)C(=O)NC1CCCC1. The number of benzene rings is 2. The fourth-order valence-electron chi connectivity index (χ4n) is 5.49. The smallest absolute Gasteiger partial charge is 0.256 e. The molecule has 5 rings (SSSR count). The summed E-state index contributed by atoms with van der Waals surface area (Å²) in [4.78, 5) is 42.0. The zero-order valence-electron chi connectivity index (χ0n) is 19.6. The molecule has 2 heterocycles. The first-order valence-electron chi connectivity index (χ1n) is 12.1. The van der Waals surface area contributed by atoms with Crippen LogP contribution in [-0.4, -0.2) is 45.5 Å². The van der Waals surface area contributed by atoms with E-state index in [0.29, 0.717) is 12.0 Å². The van der Waals surface area contributed by atoms with E-state index < -0.39 is 16.8 Å². The van der Waals surface area contributed by atoms with E-state index in [0.717, 1.165) is 36.8 Å². The highest BCUT2D eigenvalue weighted by Gasteiger charge is 2.57. The molecule has 178 valence electrons. The number of rotatable bonds is 6. The Hall–Kier alpha value is -2.80. The molecule has 2 aromatic carbocycles. The summed E-state index contributed by atoms with van der Waals surface area (Å²) in [6.45, 7) is 4.00. The summed E-state index contributed by atoms with van der Waals surface area (Å²) in [6.07, 6.45) is 4.60. The molecule has 0 unspecified atom stereocenters. The van der Waals surface area contributed by atoms with Gasteiger partial charge in [0.25, 0.3) is 5.91 Å². The zero-order chi connectivity index (χ0) is 23.9. The van der Waals surface area contributed by atoms with Crippen molar-refractivity contribution in [2.24, 2.45) is 0 Å². The predicted octanol–water partition coefficient (Wildman–Crippen LogP) is 3.82. The highest BCUT2D eigenvalue weighted by Crippen LogP contribution is 2.56. The van der Waals surface area contributed by atoms with Gasteiger partial charge in [-0.2, -0.15) is 0 Å². The van der Waals surface area contributed by atoms with Crippen LogP contribution in [0, 0.1) is 0 Å². The Morgan fingerprint density at radius 2 is 1.74 bits per heavy atom. The molecule has 34 heavy (non-hydrogen) atoms. The van der Waals surface area contributed by atoms with Gasteiger partial charge in [0.15, 0.2) is 0 Å². The van der Waals surface area contributed by atoms with Gasteiger partial charge in [-0.15, -0.1) is 11.8 Å². The molecule has 1 saturated carbocycles. The Balaban J connectivity index is 1.38. The van der Waals surface area contributed by atoms with Crippen LogP contribution in [0.3, 0.4) is 0 Å². The quantitative estimate of drug-likeness (QED) is 0.663. The summed E-state index contributed by atoms with van der Waals surface area (Å²) >= 11 is 1.63. The standard InChI is InChI=1S/C27H31N3O3S/c1-27(2)22(30-25(33)19-14-8-9-15-20(19)26(30)34-27)24(32)29-21(16-17-10-4-3-5-11-17)23(31)28-18-12-6-7-13-18/h3-5,8-11,14-15,18,21-22,26H,6-7,12-13,16H2,1-2H3,(H,28,31)(H,29,32)/t21-,22-,26-/m1/s1. The molecule has 7 heteroatoms. The van der Waals surface area contributed by atoms with Crippen LogP contribution in [0.4, 0.5) is 0 Å². The van der Waals surface area contributed by atoms with E-state index in [1.54, 1.807) is 16.7 Å². The molecule has 3 amide bonds. The maximum Gasteiger partial charge on any atom is 0.256 e. The second kappa shape index (κ2) is 9.10. The van der Waals surface area contributed by atoms with Crippen molar-refractivity contribution in [1.82, 2.24) is 15.5 Å². The molecule has 2 aromatic rings. The van der Waals surface area contributed by atoms with Gasteiger partial charge in [-0.25, -0.2) is 0 Å². The molecule has 6 nitrogen and oxygen atoms in total. The number of amides is 3. The lowest BCUT2D eigenvalue weighted by atomic mass is 9.99. The number of carbonyl (C=O) groups is 3. The number of carbonyl (C=O) groups excluding carboxylic acids is 3. The first-order valence-corrected chi connectivity index (χ1v) is 13.0. The minimum atomic E-state index is -0.699. The Morgan fingerprint density at radius 1 is 1.06 bits per heavy atom. The van der Waals surface area contributed by atoms with Gasteiger partial charge in [-0.1, -0.05) is 61.4 Å². The normalized spacial score (nSPS) is 23.9. The minimum absolute atomic E-state index is 0.117. The number of thioether (sulfide) groups is 1. The molecule has 3 atom stereocenters. The molecule has 2 fully saturated rings. The fraction of sp³-hybridized carbons (Fsp3) is 0.444. The van der Waals surface area contributed by atoms with E-state index in [1.165, 1.54) is 0 Å². The van der Waals surface area contributed by atoms with Crippen LogP contribution in [0.25, 0.3) is 0 Å². The van der Waals surface area contributed by atoms with E-state index in [1.807, 2.05) is 68.4 Å². The predicted molar refractivity (Wildman–Crippen MR) is 133 cm³/mol. The van der Waals surface area contributed by atoms with Crippen LogP contribution >= 0.6 is 11.8 Å². The largest absolute Gasteiger partial charge is 0.352 e. The average Bonchev–Trinajstić information content (AvgIpc) is 3.49. The van der Waals surface area contributed by atoms with Crippen LogP contribution in [0.15, 0.2) is 54.6 Å². The lowest BCUT2D eigenvalue weighted by Crippen LogP contribution is -2.58. The van der Waals surface area contributed by atoms with Crippen molar-refractivity contribution in [3.05, 3.63) is 71.3 Å². The molecule has 0 aromatic heterocycles. The topological polar surface area (TPSA) is 78.5 Å². The van der Waals surface area contributed by atoms with Crippen molar-refractivity contribution in [3.8, 4) is 0 Å². The molecule has 2 N–H and O–H groups in total. The highest BCUT2D eigenvalue weighted by molar-refractivity contribution is 8.01. The number of fused-ring (bicyclic) bond motifs is 3. The summed E-state index contributed by atoms with van der Waals surface area (Å²) < 4.78 is -0.489. The second-order valence-corrected chi connectivity index (χ2v) is 11.8. The first-order chi connectivity index (χ1) is 16.3. The third-order valence-electron chi connectivity index (χ3n) is 7.16. The third kappa shape index (κ3) is 4.22. The van der Waals surface area contributed by atoms with Gasteiger partial charge < -0.3 is 15.5 Å². The van der Waals surface area contributed by atoms with Gasteiger partial charge in [-0.3, -0.25) is 14.4 Å². The lowest BCUT2D eigenvalue weighted by molar-refractivity contribution is -0.132. The van der Waals surface area contributed by atoms with Crippen molar-refractivity contribution in [1.29, 1.82) is 0 Å². The fourth-order valence-corrected chi connectivity index (χ4v) is 7.07. The minimum Gasteiger partial charge on any atom is -0.352 e. The van der Waals surface area contributed by atoms with Crippen molar-refractivity contribution < 1.29 is 14.4 Å². The number of hydrogen-bond donors (Lipinski definition) is 2. The Labute approximate surface area is 204 Å². The maximum atomic E-state index is 13.7. The van der Waals surface area contributed by atoms with Crippen LogP contribution in [0.5, 0.6) is 0 Å². The van der Waals surface area contributed by atoms with Crippen LogP contribution < -0.4 is 10.6 Å². The zero-order valence-corrected chi connectivity index (χ0v) is 20.4. The van der Waals surface area contributed by atoms with Crippen molar-refractivity contribution >= 4 is 29.5 Å². The van der Waals surface area contributed by atoms with Crippen LogP contribution in [0.2, 0.25) is 0 Å². The van der Waals surface area contributed by atoms with Gasteiger partial charge in [0, 0.05) is 22.8 Å². The average molecular weight is 478 g/mol. The molecule has 0 radical (unpaired) electrons. The molecule has 1 aliphatic carbocycles. The molecule has 0 spiro atoms. The van der Waals surface area contributed by atoms with E-state index in [9.17, 15) is 14.4 Å². The summed E-state index contributed by atoms with van der Waals surface area (Å²) in [6, 6.07) is 16.1. The summed E-state index contributed by atoms with van der Waals surface area (Å²) in [5.74, 6) is -0.544. The van der Waals surface area contributed by atoms with Gasteiger partial charge in [0.2, 0.25) is 11.8 Å². The maximum absolute atomic E-state index is 13.7. The monoisotopic (exact) mass is 477 g/mol. The van der Waals surface area contributed by atoms with Gasteiger partial charge in [0.05, 0.1) is 0 Å². The Kier molecular flexibility index (Phi) is 6.15. The van der Waals surface area contributed by atoms with Crippen LogP contribution in [-0.2, 0) is 16.0 Å². The van der Waals surface area contributed by atoms with E-state index in [-0.39, 0.29) is 29.1 Å². The third-order valence-corrected chi connectivity index (χ3v) is 8.70. The van der Waals surface area contributed by atoms with E-state index in [4.69, 9.17) is 0 Å². The second-order valence-electron chi connectivity index (χ2n) is 10.0. The van der Waals surface area contributed by atoms with Crippen molar-refractivity contribution in [3.63, 3.8) is 0 Å². The molecule has 2 aliphatic heterocycles. The van der Waals surface area contributed by atoms with Crippen molar-refractivity contribution in [2.75, 3.05) is 0 Å². The molecule has 1 saturated heterocycles. The summed E-state index contributed by atoms with van der Waals surface area (Å²) in [5.41, 5.74) is 2.60. The van der Waals surface area contributed by atoms with E-state index in [2.05, 4.69) is 10.6 Å². The molecular formula is C27H31N3O3S. The Bertz CT molecular complexity index is 1100. The number of nitrogens with zero attached hydrogens (tertiary/aromatic N) is 1. The lowest BCUT2D eigenvalue weighted by Gasteiger charge is -2.31.